The number of likely N-dealkylation sites (tertiary alicyclic amines) is 1. The van der Waals surface area contributed by atoms with E-state index in [1.165, 1.54) is 10.7 Å². The smallest absolute Gasteiger partial charge is 0.306 e. The Hall–Kier alpha value is -1.96. The lowest BCUT2D eigenvalue weighted by atomic mass is 10.1. The number of aromatic nitrogens is 4. The number of alkyl halides is 3. The van der Waals surface area contributed by atoms with Crippen LogP contribution in [-0.4, -0.2) is 45.0 Å². The van der Waals surface area contributed by atoms with Crippen LogP contribution in [0.2, 0.25) is 0 Å². The van der Waals surface area contributed by atoms with Crippen molar-refractivity contribution in [3.05, 3.63) is 35.8 Å². The van der Waals surface area contributed by atoms with Crippen molar-refractivity contribution < 1.29 is 13.2 Å². The van der Waals surface area contributed by atoms with E-state index < -0.39 is 11.7 Å². The predicted molar refractivity (Wildman–Crippen MR) is 69.0 cm³/mol. The highest BCUT2D eigenvalue weighted by atomic mass is 19.4. The van der Waals surface area contributed by atoms with Crippen molar-refractivity contribution in [3.8, 4) is 5.82 Å². The van der Waals surface area contributed by atoms with E-state index in [9.17, 15) is 13.2 Å². The number of nitrogens with zero attached hydrogens (tertiary/aromatic N) is 5. The molecule has 1 aliphatic rings. The number of halogens is 3. The summed E-state index contributed by atoms with van der Waals surface area (Å²) in [6.45, 7) is 1.93. The molecule has 3 rings (SSSR count). The average molecular weight is 297 g/mol. The van der Waals surface area contributed by atoms with Crippen LogP contribution in [0.25, 0.3) is 5.82 Å². The van der Waals surface area contributed by atoms with Gasteiger partial charge in [0.15, 0.2) is 5.82 Å². The van der Waals surface area contributed by atoms with Gasteiger partial charge in [0.05, 0.1) is 17.5 Å². The molecule has 1 aliphatic heterocycles. The minimum Gasteiger partial charge on any atom is -0.306 e. The van der Waals surface area contributed by atoms with E-state index in [1.54, 1.807) is 6.20 Å². The van der Waals surface area contributed by atoms with Crippen LogP contribution in [0.5, 0.6) is 0 Å². The summed E-state index contributed by atoms with van der Waals surface area (Å²) < 4.78 is 38.9. The first kappa shape index (κ1) is 14.0. The topological polar surface area (TPSA) is 46.8 Å². The fourth-order valence-electron chi connectivity index (χ4n) is 2.44. The standard InChI is InChI=1S/C13H14F3N5/c1-20-5-4-9(7-20)11-8-21(19-18-11)12-3-2-10(6-17-12)13(14,15)16/h2-3,6,8-9H,4-5,7H2,1H3. The molecule has 1 fully saturated rings. The molecule has 2 aromatic rings. The van der Waals surface area contributed by atoms with Crippen LogP contribution in [-0.2, 0) is 6.18 Å². The summed E-state index contributed by atoms with van der Waals surface area (Å²) >= 11 is 0. The number of hydrogen-bond donors (Lipinski definition) is 0. The number of likely N-dealkylation sites (N-methyl/N-ethyl adjacent to an activating group) is 1. The summed E-state index contributed by atoms with van der Waals surface area (Å²) in [6.07, 6.45) is -0.831. The van der Waals surface area contributed by atoms with E-state index in [-0.39, 0.29) is 0 Å². The summed E-state index contributed by atoms with van der Waals surface area (Å²) in [7, 11) is 2.04. The second-order valence-corrected chi connectivity index (χ2v) is 5.24. The third-order valence-electron chi connectivity index (χ3n) is 3.63. The van der Waals surface area contributed by atoms with Crippen LogP contribution in [0.4, 0.5) is 13.2 Å². The Morgan fingerprint density at radius 3 is 2.67 bits per heavy atom. The largest absolute Gasteiger partial charge is 0.417 e. The highest BCUT2D eigenvalue weighted by molar-refractivity contribution is 5.26. The molecule has 1 unspecified atom stereocenters. The maximum atomic E-state index is 12.5. The Kier molecular flexibility index (Phi) is 3.40. The van der Waals surface area contributed by atoms with E-state index in [0.29, 0.717) is 11.7 Å². The number of rotatable bonds is 2. The fourth-order valence-corrected chi connectivity index (χ4v) is 2.44. The molecule has 0 bridgehead atoms. The molecule has 21 heavy (non-hydrogen) atoms. The number of hydrogen-bond acceptors (Lipinski definition) is 4. The van der Waals surface area contributed by atoms with Gasteiger partial charge < -0.3 is 4.90 Å². The second-order valence-electron chi connectivity index (χ2n) is 5.24. The average Bonchev–Trinajstić information content (AvgIpc) is 3.06. The molecule has 0 N–H and O–H groups in total. The Morgan fingerprint density at radius 1 is 1.29 bits per heavy atom. The summed E-state index contributed by atoms with van der Waals surface area (Å²) in [4.78, 5) is 6.01. The Bertz CT molecular complexity index is 619. The van der Waals surface area contributed by atoms with Gasteiger partial charge in [0.2, 0.25) is 0 Å². The van der Waals surface area contributed by atoms with Crippen molar-refractivity contribution in [3.63, 3.8) is 0 Å². The van der Waals surface area contributed by atoms with Gasteiger partial charge in [-0.25, -0.2) is 9.67 Å². The van der Waals surface area contributed by atoms with Gasteiger partial charge in [0.1, 0.15) is 0 Å². The van der Waals surface area contributed by atoms with Crippen molar-refractivity contribution in [1.82, 2.24) is 24.9 Å². The van der Waals surface area contributed by atoms with E-state index in [0.717, 1.165) is 37.5 Å². The zero-order valence-corrected chi connectivity index (χ0v) is 11.4. The predicted octanol–water partition coefficient (Wildman–Crippen LogP) is 2.10. The van der Waals surface area contributed by atoms with Crippen LogP contribution >= 0.6 is 0 Å². The Balaban J connectivity index is 1.80. The summed E-state index contributed by atoms with van der Waals surface area (Å²) in [5.41, 5.74) is 0.0741. The van der Waals surface area contributed by atoms with Crippen molar-refractivity contribution in [2.24, 2.45) is 0 Å². The van der Waals surface area contributed by atoms with Crippen molar-refractivity contribution in [2.45, 2.75) is 18.5 Å². The van der Waals surface area contributed by atoms with Gasteiger partial charge in [-0.1, -0.05) is 5.21 Å². The third kappa shape index (κ3) is 2.90. The molecule has 0 aliphatic carbocycles. The van der Waals surface area contributed by atoms with Gasteiger partial charge in [-0.2, -0.15) is 13.2 Å². The van der Waals surface area contributed by atoms with Crippen LogP contribution in [0.15, 0.2) is 24.5 Å². The van der Waals surface area contributed by atoms with Crippen LogP contribution in [0, 0.1) is 0 Å². The maximum absolute atomic E-state index is 12.5. The molecule has 0 aromatic carbocycles. The lowest BCUT2D eigenvalue weighted by Gasteiger charge is -2.07. The molecule has 0 radical (unpaired) electrons. The van der Waals surface area contributed by atoms with Gasteiger partial charge in [0.25, 0.3) is 0 Å². The monoisotopic (exact) mass is 297 g/mol. The second kappa shape index (κ2) is 5.10. The lowest BCUT2D eigenvalue weighted by molar-refractivity contribution is -0.137. The fraction of sp³-hybridized carbons (Fsp3) is 0.462. The van der Waals surface area contributed by atoms with Gasteiger partial charge in [0, 0.05) is 18.7 Å². The van der Waals surface area contributed by atoms with E-state index >= 15 is 0 Å². The van der Waals surface area contributed by atoms with Crippen LogP contribution < -0.4 is 0 Å². The molecule has 0 saturated carbocycles. The highest BCUT2D eigenvalue weighted by Crippen LogP contribution is 2.29. The maximum Gasteiger partial charge on any atom is 0.417 e. The first-order chi connectivity index (χ1) is 9.93. The molecular formula is C13H14F3N5. The number of pyridine rings is 1. The Labute approximate surface area is 119 Å². The molecule has 1 atom stereocenters. The summed E-state index contributed by atoms with van der Waals surface area (Å²) in [5.74, 6) is 0.645. The molecule has 8 heteroatoms. The summed E-state index contributed by atoms with van der Waals surface area (Å²) in [5, 5.41) is 8.06. The third-order valence-corrected chi connectivity index (χ3v) is 3.63. The zero-order valence-electron chi connectivity index (χ0n) is 11.4. The first-order valence-corrected chi connectivity index (χ1v) is 6.58. The van der Waals surface area contributed by atoms with Crippen molar-refractivity contribution in [1.29, 1.82) is 0 Å². The van der Waals surface area contributed by atoms with Gasteiger partial charge >= 0.3 is 6.18 Å². The lowest BCUT2D eigenvalue weighted by Crippen LogP contribution is -2.13. The zero-order chi connectivity index (χ0) is 15.0. The molecule has 0 spiro atoms. The summed E-state index contributed by atoms with van der Waals surface area (Å²) in [6, 6.07) is 2.29. The molecular weight excluding hydrogens is 283 g/mol. The molecule has 5 nitrogen and oxygen atoms in total. The molecule has 1 saturated heterocycles. The van der Waals surface area contributed by atoms with Crippen molar-refractivity contribution >= 4 is 0 Å². The normalized spacial score (nSPS) is 20.1. The highest BCUT2D eigenvalue weighted by Gasteiger charge is 2.30. The van der Waals surface area contributed by atoms with Gasteiger partial charge in [-0.15, -0.1) is 5.10 Å². The molecule has 112 valence electrons. The Morgan fingerprint density at radius 2 is 2.10 bits per heavy atom. The molecule has 3 heterocycles. The van der Waals surface area contributed by atoms with Crippen molar-refractivity contribution in [2.75, 3.05) is 20.1 Å². The van der Waals surface area contributed by atoms with E-state index in [2.05, 4.69) is 20.2 Å². The SMILES string of the molecule is CN1CCC(c2cn(-c3ccc(C(F)(F)F)cn3)nn2)C1. The quantitative estimate of drug-likeness (QED) is 0.851. The van der Waals surface area contributed by atoms with Crippen LogP contribution in [0.3, 0.4) is 0 Å². The minimum absolute atomic E-state index is 0.318. The van der Waals surface area contributed by atoms with E-state index in [1.807, 2.05) is 7.05 Å². The molecule has 2 aromatic heterocycles. The molecule has 0 amide bonds. The van der Waals surface area contributed by atoms with Crippen LogP contribution in [0.1, 0.15) is 23.6 Å². The van der Waals surface area contributed by atoms with Gasteiger partial charge in [-0.05, 0) is 32.1 Å². The first-order valence-electron chi connectivity index (χ1n) is 6.58. The van der Waals surface area contributed by atoms with Gasteiger partial charge in [-0.3, -0.25) is 0 Å². The van der Waals surface area contributed by atoms with E-state index in [4.69, 9.17) is 0 Å². The minimum atomic E-state index is -4.38.